The zero-order chi connectivity index (χ0) is 23.4. The summed E-state index contributed by atoms with van der Waals surface area (Å²) >= 11 is 0. The second kappa shape index (κ2) is 10.1. The molecule has 1 aliphatic rings. The predicted octanol–water partition coefficient (Wildman–Crippen LogP) is 5.51. The lowest BCUT2D eigenvalue weighted by Crippen LogP contribution is -2.36. The lowest BCUT2D eigenvalue weighted by molar-refractivity contribution is -0.139. The zero-order valence-electron chi connectivity index (χ0n) is 19.4. The normalized spacial score (nSPS) is 22.2. The Morgan fingerprint density at radius 2 is 1.90 bits per heavy atom. The van der Waals surface area contributed by atoms with Gasteiger partial charge >= 0.3 is 5.97 Å². The van der Waals surface area contributed by atoms with Crippen LogP contribution in [0.15, 0.2) is 36.4 Å². The molecule has 1 aliphatic carbocycles. The molecule has 0 saturated heterocycles. The van der Waals surface area contributed by atoms with Crippen molar-refractivity contribution in [3.05, 3.63) is 53.4 Å². The Kier molecular flexibility index (Phi) is 8.23. The van der Waals surface area contributed by atoms with E-state index in [0.29, 0.717) is 5.56 Å². The van der Waals surface area contributed by atoms with Gasteiger partial charge in [-0.25, -0.2) is 4.39 Å². The number of aliphatic hydroxyl groups is 2. The van der Waals surface area contributed by atoms with Gasteiger partial charge in [0, 0.05) is 12.3 Å². The molecule has 0 heterocycles. The molecule has 31 heavy (non-hydrogen) atoms. The van der Waals surface area contributed by atoms with Crippen molar-refractivity contribution in [2.45, 2.75) is 78.9 Å². The van der Waals surface area contributed by atoms with E-state index in [1.54, 1.807) is 13.0 Å². The van der Waals surface area contributed by atoms with Gasteiger partial charge in [0.2, 0.25) is 0 Å². The molecular weight excluding hydrogens is 395 g/mol. The van der Waals surface area contributed by atoms with Gasteiger partial charge in [0.25, 0.3) is 0 Å². The molecular formula is C26H37FO4. The van der Waals surface area contributed by atoms with Crippen molar-refractivity contribution >= 4 is 11.5 Å². The maximum absolute atomic E-state index is 13.9. The van der Waals surface area contributed by atoms with E-state index in [-0.39, 0.29) is 29.0 Å². The first-order chi connectivity index (χ1) is 14.4. The maximum atomic E-state index is 13.9. The molecule has 0 bridgehead atoms. The third kappa shape index (κ3) is 6.27. The molecule has 1 aromatic carbocycles. The van der Waals surface area contributed by atoms with Crippen molar-refractivity contribution in [3.8, 4) is 0 Å². The minimum absolute atomic E-state index is 0.00477. The molecule has 5 heteroatoms. The first-order valence-corrected chi connectivity index (χ1v) is 11.2. The summed E-state index contributed by atoms with van der Waals surface area (Å²) in [6, 6.07) is 5.20. The maximum Gasteiger partial charge on any atom is 0.305 e. The fourth-order valence-corrected chi connectivity index (χ4v) is 4.95. The molecule has 4 nitrogen and oxygen atoms in total. The number of benzene rings is 1. The first kappa shape index (κ1) is 25.3. The smallest absolute Gasteiger partial charge is 0.305 e. The predicted molar refractivity (Wildman–Crippen MR) is 122 cm³/mol. The van der Waals surface area contributed by atoms with Gasteiger partial charge in [-0.1, -0.05) is 52.0 Å². The molecule has 172 valence electrons. The van der Waals surface area contributed by atoms with Gasteiger partial charge in [-0.2, -0.15) is 0 Å². The Labute approximate surface area is 185 Å². The third-order valence-electron chi connectivity index (χ3n) is 6.80. The number of hydrogen-bond acceptors (Lipinski definition) is 3. The van der Waals surface area contributed by atoms with Crippen LogP contribution in [0, 0.1) is 29.5 Å². The molecule has 0 saturated carbocycles. The van der Waals surface area contributed by atoms with Gasteiger partial charge < -0.3 is 15.3 Å². The van der Waals surface area contributed by atoms with E-state index >= 15 is 0 Å². The fraction of sp³-hybridized carbons (Fsp3) is 0.577. The topological polar surface area (TPSA) is 77.8 Å². The standard InChI is InChI=1S/C26H37FO4/c1-6-26(7-2)15-21(18-8-11-23(27)17(3)12-18)22(25(4,5)16-26)10-9-19(28)13-20(29)14-24(30)31/h8-12,15,19-20,22,28-29H,6-7,13-14,16H2,1-5H3,(H,30,31)/b10-9+. The van der Waals surface area contributed by atoms with E-state index in [2.05, 4.69) is 33.8 Å². The van der Waals surface area contributed by atoms with E-state index < -0.39 is 24.6 Å². The SMILES string of the molecule is CCC1(CC)C=C(c2ccc(F)c(C)c2)C(/C=C/C(O)CC(O)CC(=O)O)C(C)(C)C1. The number of carboxylic acid groups (broad SMARTS) is 1. The highest BCUT2D eigenvalue weighted by Gasteiger charge is 2.43. The first-order valence-electron chi connectivity index (χ1n) is 11.2. The number of aryl methyl sites for hydroxylation is 1. The summed E-state index contributed by atoms with van der Waals surface area (Å²) in [6.45, 7) is 10.6. The fourth-order valence-electron chi connectivity index (χ4n) is 4.95. The minimum Gasteiger partial charge on any atom is -0.481 e. The largest absolute Gasteiger partial charge is 0.481 e. The van der Waals surface area contributed by atoms with Crippen LogP contribution < -0.4 is 0 Å². The average molecular weight is 433 g/mol. The lowest BCUT2D eigenvalue weighted by atomic mass is 9.57. The van der Waals surface area contributed by atoms with Crippen molar-refractivity contribution in [2.24, 2.45) is 16.7 Å². The average Bonchev–Trinajstić information content (AvgIpc) is 2.67. The van der Waals surface area contributed by atoms with Crippen LogP contribution in [0.4, 0.5) is 4.39 Å². The Morgan fingerprint density at radius 1 is 1.26 bits per heavy atom. The number of allylic oxidation sites excluding steroid dienone is 3. The van der Waals surface area contributed by atoms with Gasteiger partial charge in [0.15, 0.2) is 0 Å². The third-order valence-corrected chi connectivity index (χ3v) is 6.80. The molecule has 0 aliphatic heterocycles. The second-order valence-corrected chi connectivity index (χ2v) is 9.72. The van der Waals surface area contributed by atoms with E-state index in [9.17, 15) is 19.4 Å². The van der Waals surface area contributed by atoms with Gasteiger partial charge in [0.05, 0.1) is 18.6 Å². The number of halogens is 1. The summed E-state index contributed by atoms with van der Waals surface area (Å²) in [4.78, 5) is 10.8. The van der Waals surface area contributed by atoms with E-state index in [1.807, 2.05) is 18.2 Å². The molecule has 0 aromatic heterocycles. The summed E-state index contributed by atoms with van der Waals surface area (Å²) < 4.78 is 13.9. The number of carbonyl (C=O) groups is 1. The highest BCUT2D eigenvalue weighted by atomic mass is 19.1. The second-order valence-electron chi connectivity index (χ2n) is 9.72. The van der Waals surface area contributed by atoms with Crippen LogP contribution in [0.3, 0.4) is 0 Å². The van der Waals surface area contributed by atoms with Gasteiger partial charge in [-0.05, 0) is 65.8 Å². The number of rotatable bonds is 9. The van der Waals surface area contributed by atoms with Gasteiger partial charge in [0.1, 0.15) is 5.82 Å². The molecule has 0 amide bonds. The summed E-state index contributed by atoms with van der Waals surface area (Å²) in [5.41, 5.74) is 2.65. The molecule has 0 fully saturated rings. The Hall–Kier alpha value is -1.98. The molecule has 2 rings (SSSR count). The molecule has 3 atom stereocenters. The van der Waals surface area contributed by atoms with E-state index in [1.165, 1.54) is 6.07 Å². The molecule has 0 radical (unpaired) electrons. The van der Waals surface area contributed by atoms with Gasteiger partial charge in [-0.3, -0.25) is 4.79 Å². The van der Waals surface area contributed by atoms with E-state index in [0.717, 1.165) is 30.4 Å². The zero-order valence-corrected chi connectivity index (χ0v) is 19.4. The van der Waals surface area contributed by atoms with Crippen molar-refractivity contribution in [1.29, 1.82) is 0 Å². The highest BCUT2D eigenvalue weighted by Crippen LogP contribution is 2.54. The van der Waals surface area contributed by atoms with Crippen molar-refractivity contribution < 1.29 is 24.5 Å². The van der Waals surface area contributed by atoms with Gasteiger partial charge in [-0.15, -0.1) is 0 Å². The summed E-state index contributed by atoms with van der Waals surface area (Å²) in [5.74, 6) is -1.33. The molecule has 3 N–H and O–H groups in total. The highest BCUT2D eigenvalue weighted by molar-refractivity contribution is 5.72. The molecule has 1 aromatic rings. The van der Waals surface area contributed by atoms with Crippen LogP contribution in [0.1, 0.15) is 70.9 Å². The van der Waals surface area contributed by atoms with Crippen LogP contribution in [-0.4, -0.2) is 33.5 Å². The Bertz CT molecular complexity index is 836. The van der Waals surface area contributed by atoms with E-state index in [4.69, 9.17) is 5.11 Å². The summed E-state index contributed by atoms with van der Waals surface area (Å²) in [5, 5.41) is 29.0. The van der Waals surface area contributed by atoms with Crippen LogP contribution in [0.2, 0.25) is 0 Å². The quantitative estimate of drug-likeness (QED) is 0.450. The monoisotopic (exact) mass is 432 g/mol. The summed E-state index contributed by atoms with van der Waals surface area (Å²) in [6.07, 6.45) is 6.52. The van der Waals surface area contributed by atoms with Crippen molar-refractivity contribution in [1.82, 2.24) is 0 Å². The van der Waals surface area contributed by atoms with Crippen LogP contribution in [-0.2, 0) is 4.79 Å². The van der Waals surface area contributed by atoms with Crippen LogP contribution in [0.25, 0.3) is 5.57 Å². The van der Waals surface area contributed by atoms with Crippen LogP contribution >= 0.6 is 0 Å². The number of aliphatic hydroxyl groups excluding tert-OH is 2. The summed E-state index contributed by atoms with van der Waals surface area (Å²) in [7, 11) is 0. The van der Waals surface area contributed by atoms with Crippen molar-refractivity contribution in [2.75, 3.05) is 0 Å². The number of carboxylic acids is 1. The van der Waals surface area contributed by atoms with Crippen molar-refractivity contribution in [3.63, 3.8) is 0 Å². The minimum atomic E-state index is -1.10. The Morgan fingerprint density at radius 3 is 2.45 bits per heavy atom. The number of hydrogen-bond donors (Lipinski definition) is 3. The van der Waals surface area contributed by atoms with Crippen LogP contribution in [0.5, 0.6) is 0 Å². The Balaban J connectivity index is 2.43. The number of aliphatic carboxylic acids is 1. The lowest BCUT2D eigenvalue weighted by Gasteiger charge is -2.47. The molecule has 0 spiro atoms. The molecule has 3 unspecified atom stereocenters.